The van der Waals surface area contributed by atoms with E-state index in [1.54, 1.807) is 16.8 Å². The molecule has 2 rings (SSSR count). The molecule has 0 unspecified atom stereocenters. The van der Waals surface area contributed by atoms with Crippen molar-refractivity contribution in [1.82, 2.24) is 9.55 Å². The molecule has 0 bridgehead atoms. The Labute approximate surface area is 69.8 Å². The average Bonchev–Trinajstić information content (AvgIpc) is 2.12. The largest absolute Gasteiger partial charge is 0.314 e. The molecule has 0 aliphatic rings. The molecule has 0 spiro atoms. The van der Waals surface area contributed by atoms with E-state index >= 15 is 0 Å². The van der Waals surface area contributed by atoms with Gasteiger partial charge >= 0.3 is 0 Å². The van der Waals surface area contributed by atoms with E-state index < -0.39 is 0 Å². The summed E-state index contributed by atoms with van der Waals surface area (Å²) in [6.45, 7) is 0. The lowest BCUT2D eigenvalue weighted by Gasteiger charge is -2.02. The first kappa shape index (κ1) is 7.03. The number of rotatable bonds is 0. The monoisotopic (exact) mass is 159 g/mol. The van der Waals surface area contributed by atoms with Gasteiger partial charge in [0.05, 0.1) is 0 Å². The van der Waals surface area contributed by atoms with Gasteiger partial charge in [-0.25, -0.2) is 4.98 Å². The fourth-order valence-electron chi connectivity index (χ4n) is 1.21. The second kappa shape index (κ2) is 2.44. The zero-order valence-electron chi connectivity index (χ0n) is 6.78. The second-order valence-electron chi connectivity index (χ2n) is 2.69. The number of aryl methyl sites for hydroxylation is 1. The summed E-state index contributed by atoms with van der Waals surface area (Å²) in [5.74, 6) is 0. The van der Waals surface area contributed by atoms with Gasteiger partial charge in [-0.1, -0.05) is 0 Å². The van der Waals surface area contributed by atoms with Crippen molar-refractivity contribution in [3.63, 3.8) is 0 Å². The van der Waals surface area contributed by atoms with E-state index in [4.69, 9.17) is 5.41 Å². The molecule has 0 radical (unpaired) electrons. The lowest BCUT2D eigenvalue weighted by molar-refractivity contribution is 0.842. The van der Waals surface area contributed by atoms with Crippen LogP contribution >= 0.6 is 0 Å². The summed E-state index contributed by atoms with van der Waals surface area (Å²) < 4.78 is 1.76. The first-order valence-electron chi connectivity index (χ1n) is 3.74. The van der Waals surface area contributed by atoms with Crippen LogP contribution in [0.1, 0.15) is 0 Å². The molecular weight excluding hydrogens is 150 g/mol. The average molecular weight is 159 g/mol. The zero-order valence-corrected chi connectivity index (χ0v) is 6.78. The summed E-state index contributed by atoms with van der Waals surface area (Å²) in [6.07, 6.45) is 1.74. The fraction of sp³-hybridized carbons (Fsp3) is 0.111. The van der Waals surface area contributed by atoms with Gasteiger partial charge in [0, 0.05) is 18.6 Å². The molecule has 0 aromatic carbocycles. The highest BCUT2D eigenvalue weighted by Crippen LogP contribution is 2.05. The molecule has 2 aromatic rings. The van der Waals surface area contributed by atoms with E-state index in [2.05, 4.69) is 4.98 Å². The van der Waals surface area contributed by atoms with Crippen molar-refractivity contribution < 1.29 is 0 Å². The molecule has 3 heteroatoms. The minimum atomic E-state index is 0.473. The van der Waals surface area contributed by atoms with Gasteiger partial charge in [-0.15, -0.1) is 0 Å². The zero-order chi connectivity index (χ0) is 8.55. The molecule has 0 fully saturated rings. The van der Waals surface area contributed by atoms with Gasteiger partial charge < -0.3 is 4.57 Å². The van der Waals surface area contributed by atoms with Crippen LogP contribution in [0.5, 0.6) is 0 Å². The van der Waals surface area contributed by atoms with Crippen molar-refractivity contribution in [2.75, 3.05) is 0 Å². The Hall–Kier alpha value is -1.64. The molecule has 0 amide bonds. The smallest absolute Gasteiger partial charge is 0.141 e. The van der Waals surface area contributed by atoms with Crippen molar-refractivity contribution in [3.05, 3.63) is 36.0 Å². The molecule has 1 N–H and O–H groups in total. The lowest BCUT2D eigenvalue weighted by Crippen LogP contribution is -2.15. The third-order valence-electron chi connectivity index (χ3n) is 1.92. The van der Waals surface area contributed by atoms with Crippen molar-refractivity contribution in [2.24, 2.45) is 7.05 Å². The second-order valence-corrected chi connectivity index (χ2v) is 2.69. The summed E-state index contributed by atoms with van der Waals surface area (Å²) in [4.78, 5) is 4.18. The van der Waals surface area contributed by atoms with Crippen LogP contribution < -0.4 is 5.49 Å². The number of hydrogen-bond donors (Lipinski definition) is 1. The topological polar surface area (TPSA) is 41.7 Å². The maximum atomic E-state index is 7.52. The molecule has 0 saturated heterocycles. The highest BCUT2D eigenvalue weighted by atomic mass is 15.0. The Morgan fingerprint density at radius 1 is 1.33 bits per heavy atom. The molecule has 2 aromatic heterocycles. The summed E-state index contributed by atoms with van der Waals surface area (Å²) >= 11 is 0. The molecule has 12 heavy (non-hydrogen) atoms. The molecule has 60 valence electrons. The van der Waals surface area contributed by atoms with Gasteiger partial charge in [0.1, 0.15) is 11.1 Å². The number of nitrogens with one attached hydrogen (secondary N) is 1. The van der Waals surface area contributed by atoms with Crippen LogP contribution in [-0.4, -0.2) is 9.55 Å². The molecular formula is C9H9N3. The van der Waals surface area contributed by atoms with Gasteiger partial charge in [0.15, 0.2) is 0 Å². The summed E-state index contributed by atoms with van der Waals surface area (Å²) in [6, 6.07) is 7.56. The molecule has 3 nitrogen and oxygen atoms in total. The summed E-state index contributed by atoms with van der Waals surface area (Å²) in [5.41, 5.74) is 1.33. The van der Waals surface area contributed by atoms with Crippen LogP contribution in [0, 0.1) is 5.41 Å². The Morgan fingerprint density at radius 3 is 3.00 bits per heavy atom. The van der Waals surface area contributed by atoms with Crippen molar-refractivity contribution in [2.45, 2.75) is 0 Å². The Bertz CT molecular complexity index is 470. The van der Waals surface area contributed by atoms with E-state index in [9.17, 15) is 0 Å². The van der Waals surface area contributed by atoms with E-state index in [-0.39, 0.29) is 0 Å². The van der Waals surface area contributed by atoms with Gasteiger partial charge in [-0.3, -0.25) is 5.41 Å². The van der Waals surface area contributed by atoms with Crippen molar-refractivity contribution >= 4 is 11.0 Å². The Morgan fingerprint density at radius 2 is 2.17 bits per heavy atom. The quantitative estimate of drug-likeness (QED) is 0.613. The number of aromatic nitrogens is 2. The van der Waals surface area contributed by atoms with E-state index in [0.717, 1.165) is 11.0 Å². The van der Waals surface area contributed by atoms with Crippen LogP contribution in [0.4, 0.5) is 0 Å². The maximum Gasteiger partial charge on any atom is 0.141 e. The standard InChI is InChI=1S/C9H9N3/c1-12-8(10)5-4-7-3-2-6-11-9(7)12/h2-6,10H,1H3. The van der Waals surface area contributed by atoms with E-state index in [1.807, 2.05) is 25.2 Å². The molecule has 2 heterocycles. The predicted molar refractivity (Wildman–Crippen MR) is 46.6 cm³/mol. The highest BCUT2D eigenvalue weighted by Gasteiger charge is 1.95. The highest BCUT2D eigenvalue weighted by molar-refractivity contribution is 5.74. The maximum absolute atomic E-state index is 7.52. The molecule has 0 saturated carbocycles. The third kappa shape index (κ3) is 0.906. The van der Waals surface area contributed by atoms with E-state index in [0.29, 0.717) is 5.49 Å². The lowest BCUT2D eigenvalue weighted by atomic mass is 10.3. The van der Waals surface area contributed by atoms with Crippen LogP contribution in [0.3, 0.4) is 0 Å². The van der Waals surface area contributed by atoms with Gasteiger partial charge in [0.25, 0.3) is 0 Å². The summed E-state index contributed by atoms with van der Waals surface area (Å²) in [7, 11) is 1.84. The van der Waals surface area contributed by atoms with Crippen LogP contribution in [0.15, 0.2) is 30.5 Å². The van der Waals surface area contributed by atoms with Gasteiger partial charge in [-0.05, 0) is 24.3 Å². The minimum absolute atomic E-state index is 0.473. The Kier molecular flexibility index (Phi) is 1.43. The van der Waals surface area contributed by atoms with Crippen LogP contribution in [0.2, 0.25) is 0 Å². The van der Waals surface area contributed by atoms with Crippen LogP contribution in [-0.2, 0) is 7.05 Å². The first-order valence-corrected chi connectivity index (χ1v) is 3.74. The predicted octanol–water partition coefficient (Wildman–Crippen LogP) is 1.05. The SMILES string of the molecule is Cn1c(=N)ccc2cccnc21. The normalized spacial score (nSPS) is 10.4. The first-order chi connectivity index (χ1) is 5.79. The third-order valence-corrected chi connectivity index (χ3v) is 1.92. The molecule has 0 aliphatic carbocycles. The number of pyridine rings is 2. The van der Waals surface area contributed by atoms with Crippen molar-refractivity contribution in [3.8, 4) is 0 Å². The van der Waals surface area contributed by atoms with Crippen LogP contribution in [0.25, 0.3) is 11.0 Å². The fourth-order valence-corrected chi connectivity index (χ4v) is 1.21. The number of nitrogens with zero attached hydrogens (tertiary/aromatic N) is 2. The van der Waals surface area contributed by atoms with Gasteiger partial charge in [-0.2, -0.15) is 0 Å². The summed E-state index contributed by atoms with van der Waals surface area (Å²) in [5, 5.41) is 8.59. The number of fused-ring (bicyclic) bond motifs is 1. The molecule has 0 atom stereocenters. The Balaban J connectivity index is 3.01. The van der Waals surface area contributed by atoms with E-state index in [1.165, 1.54) is 0 Å². The van der Waals surface area contributed by atoms with Gasteiger partial charge in [0.2, 0.25) is 0 Å². The molecule has 0 aliphatic heterocycles. The minimum Gasteiger partial charge on any atom is -0.314 e. The number of hydrogen-bond acceptors (Lipinski definition) is 2. The van der Waals surface area contributed by atoms with Crippen molar-refractivity contribution in [1.29, 1.82) is 5.41 Å².